The fourth-order valence-corrected chi connectivity index (χ4v) is 0.353. The quantitative estimate of drug-likeness (QED) is 0.418. The molecule has 0 aromatic carbocycles. The average molecular weight is 142 g/mol. The third-order valence-corrected chi connectivity index (χ3v) is 0.691. The van der Waals surface area contributed by atoms with Crippen molar-refractivity contribution in [1.82, 2.24) is 9.97 Å². The van der Waals surface area contributed by atoms with Crippen LogP contribution in [0.5, 0.6) is 0 Å². The Balaban J connectivity index is 3.20. The molecule has 0 amide bonds. The molecule has 0 saturated heterocycles. The molecule has 0 unspecified atom stereocenters. The number of hydrogen-bond donors (Lipinski definition) is 1. The predicted molar refractivity (Wildman–Crippen MR) is 26.8 cm³/mol. The van der Waals surface area contributed by atoms with Crippen molar-refractivity contribution in [3.8, 4) is 0 Å². The highest BCUT2D eigenvalue weighted by Crippen LogP contribution is 1.97. The number of rotatable bonds is 1. The van der Waals surface area contributed by atoms with Crippen LogP contribution in [0.2, 0.25) is 0 Å². The van der Waals surface area contributed by atoms with Gasteiger partial charge in [-0.2, -0.15) is 4.98 Å². The summed E-state index contributed by atoms with van der Waals surface area (Å²) < 4.78 is 4.23. The van der Waals surface area contributed by atoms with Gasteiger partial charge in [0.2, 0.25) is 0 Å². The van der Waals surface area contributed by atoms with Gasteiger partial charge in [0.05, 0.1) is 0 Å². The van der Waals surface area contributed by atoms with Gasteiger partial charge in [0.25, 0.3) is 0 Å². The van der Waals surface area contributed by atoms with Gasteiger partial charge in [-0.25, -0.2) is 5.41 Å². The van der Waals surface area contributed by atoms with Gasteiger partial charge in [-0.15, -0.1) is 0 Å². The SMILES string of the molecule is N=c1ncoc([N+](=O)[O-])n1. The first-order valence-corrected chi connectivity index (χ1v) is 2.21. The second-order valence-corrected chi connectivity index (χ2v) is 1.33. The summed E-state index contributed by atoms with van der Waals surface area (Å²) in [6, 6.07) is -0.722. The molecule has 10 heavy (non-hydrogen) atoms. The van der Waals surface area contributed by atoms with Gasteiger partial charge in [-0.05, 0) is 0 Å². The Bertz CT molecular complexity index is 305. The molecule has 1 aromatic heterocycles. The molecule has 7 heteroatoms. The molecule has 52 valence electrons. The molecule has 0 spiro atoms. The first-order valence-electron chi connectivity index (χ1n) is 2.21. The van der Waals surface area contributed by atoms with E-state index in [1.165, 1.54) is 0 Å². The van der Waals surface area contributed by atoms with Gasteiger partial charge < -0.3 is 14.5 Å². The summed E-state index contributed by atoms with van der Waals surface area (Å²) in [7, 11) is 0. The predicted octanol–water partition coefficient (Wildman–Crippen LogP) is -0.543. The van der Waals surface area contributed by atoms with Crippen molar-refractivity contribution in [3.63, 3.8) is 0 Å². The molecule has 0 saturated carbocycles. The summed E-state index contributed by atoms with van der Waals surface area (Å²) in [5, 5.41) is 16.6. The zero-order valence-corrected chi connectivity index (χ0v) is 4.64. The molecule has 0 fully saturated rings. The standard InChI is InChI=1S/C3H2N4O3/c4-2-5-1-10-3(6-2)7(8)9/h1,4H. The van der Waals surface area contributed by atoms with E-state index >= 15 is 0 Å². The first kappa shape index (κ1) is 6.33. The van der Waals surface area contributed by atoms with E-state index in [4.69, 9.17) is 5.41 Å². The van der Waals surface area contributed by atoms with E-state index in [1.54, 1.807) is 0 Å². The molecule has 0 bridgehead atoms. The molecule has 0 aliphatic heterocycles. The molecule has 0 atom stereocenters. The molecule has 0 aliphatic carbocycles. The molecular weight excluding hydrogens is 140 g/mol. The largest absolute Gasteiger partial charge is 0.550 e. The fourth-order valence-electron chi connectivity index (χ4n) is 0.353. The lowest BCUT2D eigenvalue weighted by Crippen LogP contribution is -2.10. The van der Waals surface area contributed by atoms with Crippen LogP contribution in [0.4, 0.5) is 6.01 Å². The van der Waals surface area contributed by atoms with Crippen molar-refractivity contribution < 1.29 is 9.34 Å². The molecular formula is C3H2N4O3. The van der Waals surface area contributed by atoms with E-state index < -0.39 is 16.6 Å². The number of nitro groups is 1. The Hall–Kier alpha value is -1.79. The number of hydrogen-bond acceptors (Lipinski definition) is 6. The number of nitrogens with one attached hydrogen (secondary N) is 1. The summed E-state index contributed by atoms with van der Waals surface area (Å²) in [5.74, 6) is 0. The van der Waals surface area contributed by atoms with Gasteiger partial charge in [-0.1, -0.05) is 0 Å². The van der Waals surface area contributed by atoms with Gasteiger partial charge in [0.1, 0.15) is 0 Å². The van der Waals surface area contributed by atoms with Crippen molar-refractivity contribution in [2.45, 2.75) is 0 Å². The van der Waals surface area contributed by atoms with Crippen LogP contribution in [0.1, 0.15) is 0 Å². The maximum Gasteiger partial charge on any atom is 0.550 e. The molecule has 1 heterocycles. The third kappa shape index (κ3) is 1.13. The number of aromatic nitrogens is 2. The van der Waals surface area contributed by atoms with Crippen LogP contribution >= 0.6 is 0 Å². The highest BCUT2D eigenvalue weighted by molar-refractivity contribution is 4.88. The second kappa shape index (κ2) is 2.21. The highest BCUT2D eigenvalue weighted by atomic mass is 16.7. The van der Waals surface area contributed by atoms with Gasteiger partial charge in [-0.3, -0.25) is 0 Å². The summed E-state index contributed by atoms with van der Waals surface area (Å²) in [5.41, 5.74) is -0.432. The van der Waals surface area contributed by atoms with E-state index in [-0.39, 0.29) is 0 Å². The lowest BCUT2D eigenvalue weighted by molar-refractivity contribution is -0.408. The Kier molecular flexibility index (Phi) is 1.40. The zero-order valence-electron chi connectivity index (χ0n) is 4.64. The summed E-state index contributed by atoms with van der Waals surface area (Å²) in [6.45, 7) is 0. The van der Waals surface area contributed by atoms with Crippen LogP contribution in [0.3, 0.4) is 0 Å². The summed E-state index contributed by atoms with van der Waals surface area (Å²) in [4.78, 5) is 15.3. The van der Waals surface area contributed by atoms with Crippen molar-refractivity contribution >= 4 is 6.01 Å². The van der Waals surface area contributed by atoms with E-state index in [0.717, 1.165) is 6.39 Å². The van der Waals surface area contributed by atoms with E-state index in [1.807, 2.05) is 0 Å². The summed E-state index contributed by atoms with van der Waals surface area (Å²) in [6.07, 6.45) is 0.799. The van der Waals surface area contributed by atoms with E-state index in [9.17, 15) is 10.1 Å². The monoisotopic (exact) mass is 142 g/mol. The first-order chi connectivity index (χ1) is 4.70. The minimum atomic E-state index is -0.834. The van der Waals surface area contributed by atoms with Crippen molar-refractivity contribution in [1.29, 1.82) is 5.41 Å². The topological polar surface area (TPSA) is 106 Å². The fraction of sp³-hybridized carbons (Fsp3) is 0. The molecule has 1 rings (SSSR count). The Labute approximate surface area is 54.0 Å². The normalized spacial score (nSPS) is 9.20. The molecule has 0 radical (unpaired) electrons. The van der Waals surface area contributed by atoms with Crippen LogP contribution in [-0.2, 0) is 0 Å². The van der Waals surface area contributed by atoms with Crippen LogP contribution in [-0.4, -0.2) is 14.9 Å². The van der Waals surface area contributed by atoms with Crippen LogP contribution in [0.15, 0.2) is 10.8 Å². The minimum Gasteiger partial charge on any atom is -0.374 e. The maximum absolute atomic E-state index is 9.89. The van der Waals surface area contributed by atoms with Crippen molar-refractivity contribution in [2.75, 3.05) is 0 Å². The highest BCUT2D eigenvalue weighted by Gasteiger charge is 2.08. The third-order valence-electron chi connectivity index (χ3n) is 0.691. The van der Waals surface area contributed by atoms with Crippen molar-refractivity contribution in [2.24, 2.45) is 0 Å². The minimum absolute atomic E-state index is 0.432. The number of nitrogens with zero attached hydrogens (tertiary/aromatic N) is 3. The zero-order chi connectivity index (χ0) is 7.56. The van der Waals surface area contributed by atoms with Gasteiger partial charge >= 0.3 is 11.6 Å². The van der Waals surface area contributed by atoms with Gasteiger partial charge in [0, 0.05) is 9.91 Å². The van der Waals surface area contributed by atoms with Crippen LogP contribution in [0.25, 0.3) is 0 Å². The Morgan fingerprint density at radius 1 is 1.80 bits per heavy atom. The maximum atomic E-state index is 9.89. The van der Waals surface area contributed by atoms with Crippen LogP contribution < -0.4 is 5.62 Å². The smallest absolute Gasteiger partial charge is 0.374 e. The Morgan fingerprint density at radius 3 is 2.90 bits per heavy atom. The Morgan fingerprint density at radius 2 is 2.50 bits per heavy atom. The summed E-state index contributed by atoms with van der Waals surface area (Å²) >= 11 is 0. The second-order valence-electron chi connectivity index (χ2n) is 1.33. The van der Waals surface area contributed by atoms with E-state index in [0.29, 0.717) is 0 Å². The molecule has 7 nitrogen and oxygen atoms in total. The van der Waals surface area contributed by atoms with Crippen LogP contribution in [0, 0.1) is 15.5 Å². The lowest BCUT2D eigenvalue weighted by Gasteiger charge is -1.85. The van der Waals surface area contributed by atoms with E-state index in [2.05, 4.69) is 14.4 Å². The van der Waals surface area contributed by atoms with Gasteiger partial charge in [0.15, 0.2) is 6.39 Å². The average Bonchev–Trinajstić information content (AvgIpc) is 1.88. The molecule has 0 aliphatic rings. The molecule has 1 N–H and O–H groups in total. The van der Waals surface area contributed by atoms with Crippen molar-refractivity contribution in [3.05, 3.63) is 22.1 Å². The lowest BCUT2D eigenvalue weighted by atomic mass is 11.0. The molecule has 1 aromatic rings.